The Labute approximate surface area is 194 Å². The summed E-state index contributed by atoms with van der Waals surface area (Å²) in [6.07, 6.45) is 4.39. The molecule has 2 atom stereocenters. The maximum atomic E-state index is 5.08. The standard InChI is InChI=1S/C27H30N6/c1-4-23(32-14-11-18-10-13-28-22(18)17-32)19-8-9-24-21(15-19)30-27(31(24)3)25-16-20-7-6-12-29-26(20)33(25)5-2/h6-9,12,15-16,18,22,28H,1,5,10-11,13-14,17H2,2-3H3/t18-,22+/m0/s1. The first kappa shape index (κ1) is 20.3. The molecule has 2 saturated heterocycles. The van der Waals surface area contributed by atoms with E-state index in [1.807, 2.05) is 12.3 Å². The lowest BCUT2D eigenvalue weighted by Gasteiger charge is -2.37. The van der Waals surface area contributed by atoms with E-state index in [2.05, 4.69) is 80.9 Å². The fraction of sp³-hybridized carbons (Fsp3) is 0.370. The first-order chi connectivity index (χ1) is 16.2. The number of piperidine rings is 1. The molecule has 0 saturated carbocycles. The zero-order chi connectivity index (χ0) is 22.5. The summed E-state index contributed by atoms with van der Waals surface area (Å²) in [5, 5.41) is 4.81. The first-order valence-corrected chi connectivity index (χ1v) is 12.0. The molecule has 0 unspecified atom stereocenters. The Morgan fingerprint density at radius 1 is 1.24 bits per heavy atom. The minimum atomic E-state index is 0.580. The molecule has 2 fully saturated rings. The van der Waals surface area contributed by atoms with E-state index in [4.69, 9.17) is 4.98 Å². The SMILES string of the molecule is C=C=C(c1ccc2c(c1)nc(-c1cc3cccnc3n1CC)n2C)N1CC[C@@H]2CCN[C@@H]2C1. The molecule has 168 valence electrons. The Kier molecular flexibility index (Phi) is 4.86. The van der Waals surface area contributed by atoms with E-state index in [0.29, 0.717) is 6.04 Å². The van der Waals surface area contributed by atoms with E-state index in [1.54, 1.807) is 0 Å². The summed E-state index contributed by atoms with van der Waals surface area (Å²) >= 11 is 0. The molecule has 2 aliphatic rings. The summed E-state index contributed by atoms with van der Waals surface area (Å²) in [6.45, 7) is 10.3. The smallest absolute Gasteiger partial charge is 0.157 e. The lowest BCUT2D eigenvalue weighted by Crippen LogP contribution is -2.45. The number of fused-ring (bicyclic) bond motifs is 3. The van der Waals surface area contributed by atoms with Gasteiger partial charge >= 0.3 is 0 Å². The Hall–Kier alpha value is -3.34. The van der Waals surface area contributed by atoms with Gasteiger partial charge in [-0.1, -0.05) is 12.6 Å². The van der Waals surface area contributed by atoms with Gasteiger partial charge in [0.15, 0.2) is 5.82 Å². The van der Waals surface area contributed by atoms with Crippen molar-refractivity contribution >= 4 is 27.8 Å². The third-order valence-electron chi connectivity index (χ3n) is 7.52. The molecule has 0 bridgehead atoms. The number of pyridine rings is 1. The van der Waals surface area contributed by atoms with Gasteiger partial charge in [0, 0.05) is 49.9 Å². The molecule has 6 rings (SSSR count). The van der Waals surface area contributed by atoms with Crippen molar-refractivity contribution in [2.45, 2.75) is 32.4 Å². The minimum Gasteiger partial charge on any atom is -0.363 e. The van der Waals surface area contributed by atoms with Gasteiger partial charge in [0.1, 0.15) is 5.65 Å². The van der Waals surface area contributed by atoms with Gasteiger partial charge in [0.25, 0.3) is 0 Å². The quantitative estimate of drug-likeness (QED) is 0.479. The van der Waals surface area contributed by atoms with Crippen molar-refractivity contribution < 1.29 is 0 Å². The number of rotatable bonds is 4. The topological polar surface area (TPSA) is 50.9 Å². The van der Waals surface area contributed by atoms with Gasteiger partial charge in [-0.25, -0.2) is 9.97 Å². The van der Waals surface area contributed by atoms with E-state index in [0.717, 1.165) is 76.9 Å². The zero-order valence-electron chi connectivity index (χ0n) is 19.4. The van der Waals surface area contributed by atoms with E-state index < -0.39 is 0 Å². The summed E-state index contributed by atoms with van der Waals surface area (Å²) < 4.78 is 4.43. The average molecular weight is 439 g/mol. The number of likely N-dealkylation sites (tertiary alicyclic amines) is 1. The summed E-state index contributed by atoms with van der Waals surface area (Å²) in [5.41, 5.74) is 9.67. The number of aromatic nitrogens is 4. The number of nitrogens with zero attached hydrogens (tertiary/aromatic N) is 5. The van der Waals surface area contributed by atoms with Crippen LogP contribution in [-0.2, 0) is 13.6 Å². The highest BCUT2D eigenvalue weighted by Gasteiger charge is 2.33. The molecule has 6 heteroatoms. The molecule has 0 spiro atoms. The normalized spacial score (nSPS) is 20.4. The van der Waals surface area contributed by atoms with Crippen LogP contribution in [0.3, 0.4) is 0 Å². The molecule has 0 radical (unpaired) electrons. The molecule has 6 nitrogen and oxygen atoms in total. The summed E-state index contributed by atoms with van der Waals surface area (Å²) in [5.74, 6) is 1.77. The molecular formula is C27H30N6. The number of benzene rings is 1. The molecule has 1 N–H and O–H groups in total. The molecule has 4 aromatic rings. The second-order valence-electron chi connectivity index (χ2n) is 9.26. The first-order valence-electron chi connectivity index (χ1n) is 12.0. The molecule has 0 amide bonds. The number of hydrogen-bond donors (Lipinski definition) is 1. The van der Waals surface area contributed by atoms with Gasteiger partial charge < -0.3 is 19.4 Å². The van der Waals surface area contributed by atoms with E-state index in [-0.39, 0.29) is 0 Å². The predicted octanol–water partition coefficient (Wildman–Crippen LogP) is 4.42. The summed E-state index contributed by atoms with van der Waals surface area (Å²) in [6, 6.07) is 13.4. The van der Waals surface area contributed by atoms with Gasteiger partial charge in [-0.2, -0.15) is 0 Å². The lowest BCUT2D eigenvalue weighted by molar-refractivity contribution is 0.231. The minimum absolute atomic E-state index is 0.580. The average Bonchev–Trinajstić information content (AvgIpc) is 3.54. The van der Waals surface area contributed by atoms with Crippen LogP contribution in [0.1, 0.15) is 25.3 Å². The van der Waals surface area contributed by atoms with Crippen LogP contribution in [0.2, 0.25) is 0 Å². The fourth-order valence-electron chi connectivity index (χ4n) is 5.80. The largest absolute Gasteiger partial charge is 0.363 e. The van der Waals surface area contributed by atoms with E-state index >= 15 is 0 Å². The van der Waals surface area contributed by atoms with E-state index in [9.17, 15) is 0 Å². The second kappa shape index (κ2) is 7.91. The highest BCUT2D eigenvalue weighted by atomic mass is 15.2. The number of aryl methyl sites for hydroxylation is 2. The molecule has 5 heterocycles. The van der Waals surface area contributed by atoms with Crippen molar-refractivity contribution in [3.63, 3.8) is 0 Å². The third kappa shape index (κ3) is 3.21. The Balaban J connectivity index is 1.40. The summed E-state index contributed by atoms with van der Waals surface area (Å²) in [4.78, 5) is 12.1. The predicted molar refractivity (Wildman–Crippen MR) is 134 cm³/mol. The maximum Gasteiger partial charge on any atom is 0.157 e. The molecule has 0 aliphatic carbocycles. The van der Waals surface area contributed by atoms with Gasteiger partial charge in [0.05, 0.1) is 22.4 Å². The molecular weight excluding hydrogens is 408 g/mol. The van der Waals surface area contributed by atoms with Crippen LogP contribution in [-0.4, -0.2) is 49.7 Å². The van der Waals surface area contributed by atoms with Crippen molar-refractivity contribution in [2.24, 2.45) is 13.0 Å². The van der Waals surface area contributed by atoms with Crippen LogP contribution in [0.5, 0.6) is 0 Å². The Morgan fingerprint density at radius 3 is 3.00 bits per heavy atom. The Bertz CT molecular complexity index is 1400. The van der Waals surface area contributed by atoms with Crippen LogP contribution in [0, 0.1) is 5.92 Å². The zero-order valence-corrected chi connectivity index (χ0v) is 19.4. The molecule has 1 aromatic carbocycles. The van der Waals surface area contributed by atoms with Crippen molar-refractivity contribution in [2.75, 3.05) is 19.6 Å². The van der Waals surface area contributed by atoms with Gasteiger partial charge in [-0.3, -0.25) is 0 Å². The van der Waals surface area contributed by atoms with Gasteiger partial charge in [-0.05, 0) is 62.6 Å². The van der Waals surface area contributed by atoms with Crippen LogP contribution >= 0.6 is 0 Å². The van der Waals surface area contributed by atoms with Crippen molar-refractivity contribution in [3.05, 3.63) is 60.5 Å². The maximum absolute atomic E-state index is 5.08. The number of nitrogens with one attached hydrogen (secondary N) is 1. The molecule has 3 aromatic heterocycles. The van der Waals surface area contributed by atoms with E-state index in [1.165, 1.54) is 12.8 Å². The molecule has 33 heavy (non-hydrogen) atoms. The van der Waals surface area contributed by atoms with Gasteiger partial charge in [-0.15, -0.1) is 5.73 Å². The van der Waals surface area contributed by atoms with Crippen LogP contribution in [0.25, 0.3) is 39.3 Å². The highest BCUT2D eigenvalue weighted by molar-refractivity contribution is 5.87. The van der Waals surface area contributed by atoms with Gasteiger partial charge in [0.2, 0.25) is 0 Å². The van der Waals surface area contributed by atoms with Crippen LogP contribution in [0.4, 0.5) is 0 Å². The number of imidazole rings is 1. The monoisotopic (exact) mass is 438 g/mol. The molecule has 2 aliphatic heterocycles. The van der Waals surface area contributed by atoms with Crippen molar-refractivity contribution in [1.29, 1.82) is 0 Å². The summed E-state index contributed by atoms with van der Waals surface area (Å²) in [7, 11) is 2.09. The lowest BCUT2D eigenvalue weighted by atomic mass is 9.92. The van der Waals surface area contributed by atoms with Crippen molar-refractivity contribution in [3.8, 4) is 11.5 Å². The van der Waals surface area contributed by atoms with Crippen LogP contribution in [0.15, 0.2) is 54.9 Å². The number of hydrogen-bond acceptors (Lipinski definition) is 4. The fourth-order valence-corrected chi connectivity index (χ4v) is 5.80. The third-order valence-corrected chi connectivity index (χ3v) is 7.52. The highest BCUT2D eigenvalue weighted by Crippen LogP contribution is 2.33. The van der Waals surface area contributed by atoms with Crippen molar-refractivity contribution in [1.82, 2.24) is 29.3 Å². The second-order valence-corrected chi connectivity index (χ2v) is 9.26. The van der Waals surface area contributed by atoms with Crippen LogP contribution < -0.4 is 5.32 Å². The Morgan fingerprint density at radius 2 is 2.15 bits per heavy atom.